The van der Waals surface area contributed by atoms with E-state index in [1.807, 2.05) is 0 Å². The lowest BCUT2D eigenvalue weighted by Gasteiger charge is -2.15. The number of ether oxygens (including phenoxy) is 1. The van der Waals surface area contributed by atoms with E-state index in [1.165, 1.54) is 24.3 Å². The van der Waals surface area contributed by atoms with E-state index in [0.29, 0.717) is 16.3 Å². The van der Waals surface area contributed by atoms with E-state index in [1.54, 1.807) is 25.1 Å². The Kier molecular flexibility index (Phi) is 7.12. The van der Waals surface area contributed by atoms with Crippen LogP contribution in [-0.2, 0) is 4.79 Å². The standard InChI is InChI=1S/C18H18Cl2N2O4/c1-11(26-14-5-3-13(23)4-6-14)17(24)21-8-9-22-18(25)15-7-2-12(19)10-16(15)20/h2-7,10-11,23H,8-9H2,1H3,(H,21,24)(H,22,25). The maximum atomic E-state index is 12.0. The van der Waals surface area contributed by atoms with E-state index in [0.717, 1.165) is 0 Å². The van der Waals surface area contributed by atoms with Crippen LogP contribution in [0.1, 0.15) is 17.3 Å². The van der Waals surface area contributed by atoms with Gasteiger partial charge in [-0.05, 0) is 49.4 Å². The molecular formula is C18H18Cl2N2O4. The molecule has 0 aliphatic rings. The summed E-state index contributed by atoms with van der Waals surface area (Å²) in [6.07, 6.45) is -0.721. The number of carbonyl (C=O) groups excluding carboxylic acids is 2. The second kappa shape index (κ2) is 9.31. The van der Waals surface area contributed by atoms with Gasteiger partial charge in [0, 0.05) is 18.1 Å². The Labute approximate surface area is 161 Å². The van der Waals surface area contributed by atoms with Gasteiger partial charge in [-0.25, -0.2) is 0 Å². The molecule has 0 spiro atoms. The first kappa shape index (κ1) is 19.9. The van der Waals surface area contributed by atoms with Crippen LogP contribution in [0.3, 0.4) is 0 Å². The van der Waals surface area contributed by atoms with Gasteiger partial charge in [0.25, 0.3) is 11.8 Å². The van der Waals surface area contributed by atoms with Crippen molar-refractivity contribution in [3.63, 3.8) is 0 Å². The van der Waals surface area contributed by atoms with Crippen molar-refractivity contribution >= 4 is 35.0 Å². The number of phenols is 1. The van der Waals surface area contributed by atoms with Crippen molar-refractivity contribution in [3.05, 3.63) is 58.1 Å². The highest BCUT2D eigenvalue weighted by atomic mass is 35.5. The van der Waals surface area contributed by atoms with Crippen LogP contribution < -0.4 is 15.4 Å². The normalized spacial score (nSPS) is 11.5. The van der Waals surface area contributed by atoms with Crippen LogP contribution in [0.15, 0.2) is 42.5 Å². The quantitative estimate of drug-likeness (QED) is 0.627. The van der Waals surface area contributed by atoms with Crippen LogP contribution in [0.4, 0.5) is 0 Å². The van der Waals surface area contributed by atoms with Crippen molar-refractivity contribution in [1.29, 1.82) is 0 Å². The molecule has 0 saturated carbocycles. The number of benzene rings is 2. The highest BCUT2D eigenvalue weighted by Crippen LogP contribution is 2.20. The number of rotatable bonds is 7. The molecule has 0 aliphatic carbocycles. The first-order chi connectivity index (χ1) is 12.4. The molecule has 0 radical (unpaired) electrons. The lowest BCUT2D eigenvalue weighted by Crippen LogP contribution is -2.40. The third-order valence-electron chi connectivity index (χ3n) is 3.40. The van der Waals surface area contributed by atoms with E-state index in [2.05, 4.69) is 10.6 Å². The molecule has 2 aromatic rings. The SMILES string of the molecule is CC(Oc1ccc(O)cc1)C(=O)NCCNC(=O)c1ccc(Cl)cc1Cl. The number of carbonyl (C=O) groups is 2. The third-order valence-corrected chi connectivity index (χ3v) is 3.95. The molecular weight excluding hydrogens is 379 g/mol. The van der Waals surface area contributed by atoms with E-state index in [4.69, 9.17) is 27.9 Å². The van der Waals surface area contributed by atoms with Crippen molar-refractivity contribution in [3.8, 4) is 11.5 Å². The zero-order chi connectivity index (χ0) is 19.1. The van der Waals surface area contributed by atoms with Crippen LogP contribution in [0.2, 0.25) is 10.0 Å². The molecule has 3 N–H and O–H groups in total. The zero-order valence-corrected chi connectivity index (χ0v) is 15.5. The predicted octanol–water partition coefficient (Wildman–Crippen LogP) is 3.01. The Morgan fingerprint density at radius 1 is 1.08 bits per heavy atom. The second-order valence-electron chi connectivity index (χ2n) is 5.43. The Morgan fingerprint density at radius 2 is 1.73 bits per heavy atom. The fourth-order valence-corrected chi connectivity index (χ4v) is 2.55. The fourth-order valence-electron chi connectivity index (χ4n) is 2.06. The Balaban J connectivity index is 1.73. The maximum Gasteiger partial charge on any atom is 0.260 e. The molecule has 0 aromatic heterocycles. The molecule has 1 atom stereocenters. The number of hydrogen-bond donors (Lipinski definition) is 3. The van der Waals surface area contributed by atoms with Gasteiger partial charge < -0.3 is 20.5 Å². The molecule has 2 amide bonds. The van der Waals surface area contributed by atoms with Gasteiger partial charge in [0.05, 0.1) is 10.6 Å². The Morgan fingerprint density at radius 3 is 2.38 bits per heavy atom. The fraction of sp³-hybridized carbons (Fsp3) is 0.222. The first-order valence-electron chi connectivity index (χ1n) is 7.83. The molecule has 0 heterocycles. The summed E-state index contributed by atoms with van der Waals surface area (Å²) in [6.45, 7) is 2.07. The average Bonchev–Trinajstić information content (AvgIpc) is 2.60. The molecule has 0 aliphatic heterocycles. The molecule has 0 fully saturated rings. The van der Waals surface area contributed by atoms with Gasteiger partial charge in [-0.3, -0.25) is 9.59 Å². The predicted molar refractivity (Wildman–Crippen MR) is 100 cm³/mol. The highest BCUT2D eigenvalue weighted by molar-refractivity contribution is 6.36. The van der Waals surface area contributed by atoms with Crippen LogP contribution in [-0.4, -0.2) is 36.1 Å². The number of aromatic hydroxyl groups is 1. The molecule has 0 saturated heterocycles. The summed E-state index contributed by atoms with van der Waals surface area (Å²) in [5, 5.41) is 15.2. The van der Waals surface area contributed by atoms with Gasteiger partial charge in [0.1, 0.15) is 11.5 Å². The molecule has 2 rings (SSSR count). The molecule has 26 heavy (non-hydrogen) atoms. The monoisotopic (exact) mass is 396 g/mol. The first-order valence-corrected chi connectivity index (χ1v) is 8.59. The molecule has 0 bridgehead atoms. The summed E-state index contributed by atoms with van der Waals surface area (Å²) in [6, 6.07) is 10.7. The van der Waals surface area contributed by atoms with Gasteiger partial charge in [-0.15, -0.1) is 0 Å². The average molecular weight is 397 g/mol. The minimum atomic E-state index is -0.721. The summed E-state index contributed by atoms with van der Waals surface area (Å²) in [5.74, 6) is -0.0896. The number of phenolic OH excluding ortho intramolecular Hbond substituents is 1. The summed E-state index contributed by atoms with van der Waals surface area (Å²) in [7, 11) is 0. The number of nitrogens with one attached hydrogen (secondary N) is 2. The van der Waals surface area contributed by atoms with Crippen LogP contribution in [0, 0.1) is 0 Å². The van der Waals surface area contributed by atoms with Crippen molar-refractivity contribution in [2.24, 2.45) is 0 Å². The van der Waals surface area contributed by atoms with Gasteiger partial charge in [0.15, 0.2) is 6.10 Å². The molecule has 6 nitrogen and oxygen atoms in total. The minimum absolute atomic E-state index is 0.117. The zero-order valence-electron chi connectivity index (χ0n) is 14.0. The van der Waals surface area contributed by atoms with E-state index in [-0.39, 0.29) is 35.7 Å². The maximum absolute atomic E-state index is 12.0. The molecule has 1 unspecified atom stereocenters. The van der Waals surface area contributed by atoms with Crippen molar-refractivity contribution in [2.45, 2.75) is 13.0 Å². The Hall–Kier alpha value is -2.44. The number of hydrogen-bond acceptors (Lipinski definition) is 4. The van der Waals surface area contributed by atoms with E-state index in [9.17, 15) is 14.7 Å². The van der Waals surface area contributed by atoms with E-state index >= 15 is 0 Å². The molecule has 138 valence electrons. The van der Waals surface area contributed by atoms with Crippen LogP contribution in [0.5, 0.6) is 11.5 Å². The van der Waals surface area contributed by atoms with E-state index < -0.39 is 6.10 Å². The molecule has 2 aromatic carbocycles. The molecule has 8 heteroatoms. The van der Waals surface area contributed by atoms with Gasteiger partial charge >= 0.3 is 0 Å². The summed E-state index contributed by atoms with van der Waals surface area (Å²) in [4.78, 5) is 24.0. The lowest BCUT2D eigenvalue weighted by atomic mass is 10.2. The Bertz CT molecular complexity index is 781. The van der Waals surface area contributed by atoms with Crippen LogP contribution >= 0.6 is 23.2 Å². The highest BCUT2D eigenvalue weighted by Gasteiger charge is 2.15. The summed E-state index contributed by atoms with van der Waals surface area (Å²) < 4.78 is 5.47. The van der Waals surface area contributed by atoms with Gasteiger partial charge in [0.2, 0.25) is 0 Å². The largest absolute Gasteiger partial charge is 0.508 e. The summed E-state index contributed by atoms with van der Waals surface area (Å²) in [5.41, 5.74) is 0.312. The lowest BCUT2D eigenvalue weighted by molar-refractivity contribution is -0.127. The number of halogens is 2. The third kappa shape index (κ3) is 5.82. The van der Waals surface area contributed by atoms with Crippen molar-refractivity contribution < 1.29 is 19.4 Å². The number of amides is 2. The minimum Gasteiger partial charge on any atom is -0.508 e. The van der Waals surface area contributed by atoms with Crippen molar-refractivity contribution in [2.75, 3.05) is 13.1 Å². The van der Waals surface area contributed by atoms with Gasteiger partial charge in [-0.2, -0.15) is 0 Å². The summed E-state index contributed by atoms with van der Waals surface area (Å²) >= 11 is 11.8. The smallest absolute Gasteiger partial charge is 0.260 e. The van der Waals surface area contributed by atoms with Gasteiger partial charge in [-0.1, -0.05) is 23.2 Å². The van der Waals surface area contributed by atoms with Crippen LogP contribution in [0.25, 0.3) is 0 Å². The topological polar surface area (TPSA) is 87.7 Å². The van der Waals surface area contributed by atoms with Crippen molar-refractivity contribution in [1.82, 2.24) is 10.6 Å². The second-order valence-corrected chi connectivity index (χ2v) is 6.27.